The van der Waals surface area contributed by atoms with Crippen molar-refractivity contribution in [3.8, 4) is 0 Å². The first-order chi connectivity index (χ1) is 13.1. The summed E-state index contributed by atoms with van der Waals surface area (Å²) < 4.78 is 0.982. The average Bonchev–Trinajstić information content (AvgIpc) is 2.72. The first-order valence-corrected chi connectivity index (χ1v) is 9.96. The maximum Gasteiger partial charge on any atom is 0.317 e. The number of halogens is 1. The molecule has 27 heavy (non-hydrogen) atoms. The smallest absolute Gasteiger partial charge is 0.317 e. The van der Waals surface area contributed by atoms with Crippen LogP contribution >= 0.6 is 15.9 Å². The maximum atomic E-state index is 12.6. The Morgan fingerprint density at radius 3 is 2.78 bits per heavy atom. The van der Waals surface area contributed by atoms with Crippen LogP contribution in [0.4, 0.5) is 4.79 Å². The second-order valence-corrected chi connectivity index (χ2v) is 7.59. The summed E-state index contributed by atoms with van der Waals surface area (Å²) in [6.45, 7) is 1.93. The Morgan fingerprint density at radius 2 is 2.00 bits per heavy atom. The van der Waals surface area contributed by atoms with E-state index in [9.17, 15) is 9.59 Å². The van der Waals surface area contributed by atoms with E-state index >= 15 is 0 Å². The molecule has 0 spiro atoms. The zero-order valence-electron chi connectivity index (χ0n) is 15.4. The molecule has 142 valence electrons. The Bertz CT molecular complexity index is 825. The zero-order valence-corrected chi connectivity index (χ0v) is 17.0. The van der Waals surface area contributed by atoms with E-state index in [4.69, 9.17) is 0 Å². The molecule has 6 heteroatoms. The number of urea groups is 1. The molecule has 1 fully saturated rings. The van der Waals surface area contributed by atoms with Crippen molar-refractivity contribution in [2.45, 2.75) is 25.3 Å². The van der Waals surface area contributed by atoms with Gasteiger partial charge in [0.05, 0.1) is 0 Å². The first-order valence-electron chi connectivity index (χ1n) is 9.16. The van der Waals surface area contributed by atoms with Crippen LogP contribution in [0.5, 0.6) is 0 Å². The Kier molecular flexibility index (Phi) is 6.50. The number of carbonyl (C=O) groups is 2. The van der Waals surface area contributed by atoms with Crippen LogP contribution < -0.4 is 10.6 Å². The highest BCUT2D eigenvalue weighted by Crippen LogP contribution is 2.27. The SMILES string of the molecule is CNC(=O)N1CCCC(c2cccc(C(=O)NCc3ccccc3Br)c2)C1. The highest BCUT2D eigenvalue weighted by Gasteiger charge is 2.24. The van der Waals surface area contributed by atoms with Crippen molar-refractivity contribution in [1.82, 2.24) is 15.5 Å². The number of hydrogen-bond acceptors (Lipinski definition) is 2. The lowest BCUT2D eigenvalue weighted by molar-refractivity contribution is 0.0950. The summed E-state index contributed by atoms with van der Waals surface area (Å²) in [5.41, 5.74) is 2.80. The summed E-state index contributed by atoms with van der Waals surface area (Å²) in [6.07, 6.45) is 1.99. The van der Waals surface area contributed by atoms with Gasteiger partial charge in [0, 0.05) is 42.6 Å². The zero-order chi connectivity index (χ0) is 19.2. The van der Waals surface area contributed by atoms with Gasteiger partial charge in [0.15, 0.2) is 0 Å². The second-order valence-electron chi connectivity index (χ2n) is 6.74. The number of piperidine rings is 1. The number of rotatable bonds is 4. The van der Waals surface area contributed by atoms with Crippen LogP contribution in [0.1, 0.15) is 40.2 Å². The third-order valence-electron chi connectivity index (χ3n) is 4.94. The predicted octanol–water partition coefficient (Wildman–Crippen LogP) is 3.90. The average molecular weight is 430 g/mol. The van der Waals surface area contributed by atoms with Crippen molar-refractivity contribution < 1.29 is 9.59 Å². The minimum Gasteiger partial charge on any atom is -0.348 e. The minimum atomic E-state index is -0.0911. The summed E-state index contributed by atoms with van der Waals surface area (Å²) in [5.74, 6) is 0.165. The van der Waals surface area contributed by atoms with Crippen molar-refractivity contribution in [3.05, 3.63) is 69.7 Å². The number of nitrogens with zero attached hydrogens (tertiary/aromatic N) is 1. The molecule has 1 saturated heterocycles. The van der Waals surface area contributed by atoms with E-state index in [1.165, 1.54) is 0 Å². The van der Waals surface area contributed by atoms with Gasteiger partial charge >= 0.3 is 6.03 Å². The number of hydrogen-bond donors (Lipinski definition) is 2. The van der Waals surface area contributed by atoms with Crippen LogP contribution in [0, 0.1) is 0 Å². The van der Waals surface area contributed by atoms with Crippen LogP contribution in [-0.2, 0) is 6.54 Å². The third-order valence-corrected chi connectivity index (χ3v) is 5.71. The number of benzene rings is 2. The number of carbonyl (C=O) groups excluding carboxylic acids is 2. The molecule has 5 nitrogen and oxygen atoms in total. The number of likely N-dealkylation sites (tertiary alicyclic amines) is 1. The topological polar surface area (TPSA) is 61.4 Å². The van der Waals surface area contributed by atoms with Gasteiger partial charge < -0.3 is 15.5 Å². The minimum absolute atomic E-state index is 0.0398. The van der Waals surface area contributed by atoms with E-state index in [0.717, 1.165) is 35.0 Å². The van der Waals surface area contributed by atoms with E-state index in [1.807, 2.05) is 53.4 Å². The van der Waals surface area contributed by atoms with Crippen LogP contribution in [0.2, 0.25) is 0 Å². The fourth-order valence-corrected chi connectivity index (χ4v) is 3.87. The quantitative estimate of drug-likeness (QED) is 0.773. The predicted molar refractivity (Wildman–Crippen MR) is 110 cm³/mol. The molecule has 1 heterocycles. The molecule has 0 saturated carbocycles. The molecule has 3 amide bonds. The van der Waals surface area contributed by atoms with Crippen molar-refractivity contribution in [3.63, 3.8) is 0 Å². The van der Waals surface area contributed by atoms with E-state index in [-0.39, 0.29) is 17.9 Å². The molecule has 1 aliphatic heterocycles. The van der Waals surface area contributed by atoms with Gasteiger partial charge in [0.1, 0.15) is 0 Å². The van der Waals surface area contributed by atoms with E-state index in [1.54, 1.807) is 7.05 Å². The fraction of sp³-hybridized carbons (Fsp3) is 0.333. The normalized spacial score (nSPS) is 16.7. The molecular weight excluding hydrogens is 406 g/mol. The largest absolute Gasteiger partial charge is 0.348 e. The Balaban J connectivity index is 1.67. The first kappa shape index (κ1) is 19.4. The van der Waals surface area contributed by atoms with Crippen molar-refractivity contribution >= 4 is 27.9 Å². The molecule has 1 atom stereocenters. The van der Waals surface area contributed by atoms with Gasteiger partial charge in [-0.2, -0.15) is 0 Å². The van der Waals surface area contributed by atoms with Gasteiger partial charge in [-0.05, 0) is 42.2 Å². The Morgan fingerprint density at radius 1 is 1.19 bits per heavy atom. The summed E-state index contributed by atoms with van der Waals surface area (Å²) in [5, 5.41) is 5.67. The molecule has 2 aromatic rings. The van der Waals surface area contributed by atoms with Crippen LogP contribution in [0.25, 0.3) is 0 Å². The Hall–Kier alpha value is -2.34. The number of nitrogens with one attached hydrogen (secondary N) is 2. The second kappa shape index (κ2) is 9.04. The summed E-state index contributed by atoms with van der Waals surface area (Å²) in [6, 6.07) is 15.6. The standard InChI is InChI=1S/C21H24BrN3O2/c1-23-21(27)25-11-5-9-18(14-25)15-7-4-8-16(12-15)20(26)24-13-17-6-2-3-10-19(17)22/h2-4,6-8,10,12,18H,5,9,11,13-14H2,1H3,(H,23,27)(H,24,26). The fourth-order valence-electron chi connectivity index (χ4n) is 3.44. The molecule has 0 radical (unpaired) electrons. The van der Waals surface area contributed by atoms with Gasteiger partial charge in [0.2, 0.25) is 0 Å². The van der Waals surface area contributed by atoms with Gasteiger partial charge in [0.25, 0.3) is 5.91 Å². The lowest BCUT2D eigenvalue weighted by Gasteiger charge is -2.32. The monoisotopic (exact) mass is 429 g/mol. The van der Waals surface area contributed by atoms with Gasteiger partial charge in [-0.25, -0.2) is 4.79 Å². The van der Waals surface area contributed by atoms with Crippen LogP contribution in [-0.4, -0.2) is 37.0 Å². The molecule has 1 aliphatic rings. The molecule has 2 N–H and O–H groups in total. The summed E-state index contributed by atoms with van der Waals surface area (Å²) in [7, 11) is 1.65. The van der Waals surface area contributed by atoms with E-state index in [0.29, 0.717) is 18.7 Å². The third kappa shape index (κ3) is 4.89. The molecule has 0 aliphatic carbocycles. The summed E-state index contributed by atoms with van der Waals surface area (Å²) >= 11 is 3.50. The maximum absolute atomic E-state index is 12.6. The molecule has 2 aromatic carbocycles. The lowest BCUT2D eigenvalue weighted by Crippen LogP contribution is -2.43. The highest BCUT2D eigenvalue weighted by atomic mass is 79.9. The molecule has 3 rings (SSSR count). The number of amides is 3. The Labute approximate surface area is 168 Å². The van der Waals surface area contributed by atoms with Gasteiger partial charge in [-0.15, -0.1) is 0 Å². The van der Waals surface area contributed by atoms with E-state index in [2.05, 4.69) is 26.6 Å². The van der Waals surface area contributed by atoms with Crippen molar-refractivity contribution in [2.24, 2.45) is 0 Å². The highest BCUT2D eigenvalue weighted by molar-refractivity contribution is 9.10. The van der Waals surface area contributed by atoms with Crippen LogP contribution in [0.3, 0.4) is 0 Å². The van der Waals surface area contributed by atoms with E-state index < -0.39 is 0 Å². The van der Waals surface area contributed by atoms with Crippen molar-refractivity contribution in [1.29, 1.82) is 0 Å². The molecule has 0 aromatic heterocycles. The summed E-state index contributed by atoms with van der Waals surface area (Å²) in [4.78, 5) is 26.3. The van der Waals surface area contributed by atoms with Crippen molar-refractivity contribution in [2.75, 3.05) is 20.1 Å². The molecule has 1 unspecified atom stereocenters. The lowest BCUT2D eigenvalue weighted by atomic mass is 9.89. The van der Waals surface area contributed by atoms with Gasteiger partial charge in [-0.1, -0.05) is 46.3 Å². The molecular formula is C21H24BrN3O2. The molecule has 0 bridgehead atoms. The van der Waals surface area contributed by atoms with Gasteiger partial charge in [-0.3, -0.25) is 4.79 Å². The van der Waals surface area contributed by atoms with Crippen LogP contribution in [0.15, 0.2) is 53.0 Å².